The number of piperidine rings is 1. The molecule has 0 saturated carbocycles. The molecule has 2 aromatic rings. The molecule has 1 aliphatic heterocycles. The quantitative estimate of drug-likeness (QED) is 0.928. The third-order valence-electron chi connectivity index (χ3n) is 3.84. The summed E-state index contributed by atoms with van der Waals surface area (Å²) in [5.41, 5.74) is 3.61. The minimum Gasteiger partial charge on any atom is -0.316 e. The minimum atomic E-state index is 0.564. The molecule has 1 fully saturated rings. The van der Waals surface area contributed by atoms with Gasteiger partial charge < -0.3 is 5.32 Å². The molecule has 0 aliphatic carbocycles. The van der Waals surface area contributed by atoms with Crippen LogP contribution in [0.3, 0.4) is 0 Å². The summed E-state index contributed by atoms with van der Waals surface area (Å²) in [6.45, 7) is 2.19. The number of pyridine rings is 1. The largest absolute Gasteiger partial charge is 0.316 e. The zero-order valence-corrected chi connectivity index (χ0v) is 12.2. The monoisotopic (exact) mass is 286 g/mol. The summed E-state index contributed by atoms with van der Waals surface area (Å²) in [4.78, 5) is 4.84. The van der Waals surface area contributed by atoms with Crippen LogP contribution in [-0.2, 0) is 6.42 Å². The lowest BCUT2D eigenvalue weighted by molar-refractivity contribution is 0.454. The highest BCUT2D eigenvalue weighted by molar-refractivity contribution is 6.30. The second-order valence-electron chi connectivity index (χ2n) is 5.40. The van der Waals surface area contributed by atoms with Crippen molar-refractivity contribution in [2.45, 2.75) is 25.2 Å². The van der Waals surface area contributed by atoms with Gasteiger partial charge in [0.2, 0.25) is 0 Å². The van der Waals surface area contributed by atoms with Crippen LogP contribution in [0.15, 0.2) is 42.5 Å². The van der Waals surface area contributed by atoms with Gasteiger partial charge in [-0.3, -0.25) is 4.98 Å². The number of benzene rings is 1. The van der Waals surface area contributed by atoms with Gasteiger partial charge in [-0.2, -0.15) is 0 Å². The maximum absolute atomic E-state index is 5.92. The third-order valence-corrected chi connectivity index (χ3v) is 4.09. The average molecular weight is 287 g/mol. The van der Waals surface area contributed by atoms with Crippen LogP contribution < -0.4 is 5.32 Å². The summed E-state index contributed by atoms with van der Waals surface area (Å²) in [7, 11) is 0. The standard InChI is InChI=1S/C17H19ClN2/c18-15-8-6-13(7-9-15)11-16-4-1-5-17(20-16)14-3-2-10-19-12-14/h1,4-9,14,19H,2-3,10-12H2/t14-/m0/s1. The van der Waals surface area contributed by atoms with Crippen LogP contribution in [0.25, 0.3) is 0 Å². The van der Waals surface area contributed by atoms with Gasteiger partial charge in [-0.15, -0.1) is 0 Å². The molecule has 0 bridgehead atoms. The summed E-state index contributed by atoms with van der Waals surface area (Å²) in [6.07, 6.45) is 3.35. The number of nitrogens with one attached hydrogen (secondary N) is 1. The van der Waals surface area contributed by atoms with Crippen molar-refractivity contribution >= 4 is 11.6 Å². The first kappa shape index (κ1) is 13.6. The average Bonchev–Trinajstić information content (AvgIpc) is 2.51. The van der Waals surface area contributed by atoms with E-state index >= 15 is 0 Å². The van der Waals surface area contributed by atoms with Gasteiger partial charge in [-0.25, -0.2) is 0 Å². The van der Waals surface area contributed by atoms with E-state index in [0.29, 0.717) is 5.92 Å². The lowest BCUT2D eigenvalue weighted by atomic mass is 9.95. The van der Waals surface area contributed by atoms with Gasteiger partial charge in [0.1, 0.15) is 0 Å². The van der Waals surface area contributed by atoms with Crippen molar-refractivity contribution < 1.29 is 0 Å². The van der Waals surface area contributed by atoms with Gasteiger partial charge in [0, 0.05) is 35.3 Å². The van der Waals surface area contributed by atoms with Gasteiger partial charge in [0.15, 0.2) is 0 Å². The Labute approximate surface area is 125 Å². The first-order valence-corrected chi connectivity index (χ1v) is 7.60. The molecule has 2 nitrogen and oxygen atoms in total. The zero-order valence-electron chi connectivity index (χ0n) is 11.5. The van der Waals surface area contributed by atoms with E-state index in [1.54, 1.807) is 0 Å². The van der Waals surface area contributed by atoms with Crippen LogP contribution in [0.5, 0.6) is 0 Å². The second kappa shape index (κ2) is 6.38. The molecule has 1 atom stereocenters. The molecule has 3 rings (SSSR count). The lowest BCUT2D eigenvalue weighted by Crippen LogP contribution is -2.28. The fourth-order valence-corrected chi connectivity index (χ4v) is 2.87. The Morgan fingerprint density at radius 1 is 1.15 bits per heavy atom. The van der Waals surface area contributed by atoms with Crippen molar-refractivity contribution in [3.63, 3.8) is 0 Å². The Balaban J connectivity index is 1.75. The van der Waals surface area contributed by atoms with Gasteiger partial charge in [0.25, 0.3) is 0 Å². The van der Waals surface area contributed by atoms with Gasteiger partial charge >= 0.3 is 0 Å². The summed E-state index contributed by atoms with van der Waals surface area (Å²) in [5, 5.41) is 4.24. The summed E-state index contributed by atoms with van der Waals surface area (Å²) in [6, 6.07) is 14.4. The van der Waals surface area contributed by atoms with Crippen LogP contribution in [0.2, 0.25) is 5.02 Å². The van der Waals surface area contributed by atoms with Gasteiger partial charge in [-0.1, -0.05) is 29.8 Å². The molecule has 1 aromatic heterocycles. The normalized spacial score (nSPS) is 18.9. The Hall–Kier alpha value is -1.38. The second-order valence-corrected chi connectivity index (χ2v) is 5.84. The number of rotatable bonds is 3. The molecule has 2 heterocycles. The highest BCUT2D eigenvalue weighted by Crippen LogP contribution is 2.22. The molecule has 0 radical (unpaired) electrons. The van der Waals surface area contributed by atoms with Crippen LogP contribution >= 0.6 is 11.6 Å². The Bertz CT molecular complexity index is 559. The van der Waals surface area contributed by atoms with E-state index < -0.39 is 0 Å². The third kappa shape index (κ3) is 3.38. The highest BCUT2D eigenvalue weighted by atomic mass is 35.5. The topological polar surface area (TPSA) is 24.9 Å². The number of aromatic nitrogens is 1. The molecule has 104 valence electrons. The van der Waals surface area contributed by atoms with E-state index in [1.165, 1.54) is 24.1 Å². The van der Waals surface area contributed by atoms with Crippen molar-refractivity contribution in [3.05, 3.63) is 64.4 Å². The van der Waals surface area contributed by atoms with Crippen molar-refractivity contribution in [1.82, 2.24) is 10.3 Å². The molecular weight excluding hydrogens is 268 g/mol. The number of halogens is 1. The Morgan fingerprint density at radius 2 is 2.00 bits per heavy atom. The fraction of sp³-hybridized carbons (Fsp3) is 0.353. The predicted molar refractivity (Wildman–Crippen MR) is 83.3 cm³/mol. The Kier molecular flexibility index (Phi) is 4.34. The first-order valence-electron chi connectivity index (χ1n) is 7.22. The first-order chi connectivity index (χ1) is 9.81. The van der Waals surface area contributed by atoms with E-state index in [1.807, 2.05) is 12.1 Å². The smallest absolute Gasteiger partial charge is 0.0450 e. The summed E-state index contributed by atoms with van der Waals surface area (Å²) < 4.78 is 0. The molecule has 1 aliphatic rings. The molecule has 0 amide bonds. The van der Waals surface area contributed by atoms with Crippen molar-refractivity contribution in [2.24, 2.45) is 0 Å². The molecule has 20 heavy (non-hydrogen) atoms. The Morgan fingerprint density at radius 3 is 2.75 bits per heavy atom. The van der Waals surface area contributed by atoms with E-state index in [4.69, 9.17) is 16.6 Å². The molecular formula is C17H19ClN2. The van der Waals surface area contributed by atoms with E-state index in [0.717, 1.165) is 30.2 Å². The minimum absolute atomic E-state index is 0.564. The van der Waals surface area contributed by atoms with E-state index in [-0.39, 0.29) is 0 Å². The van der Waals surface area contributed by atoms with E-state index in [2.05, 4.69) is 35.6 Å². The number of nitrogens with zero attached hydrogens (tertiary/aromatic N) is 1. The maximum atomic E-state index is 5.92. The van der Waals surface area contributed by atoms with Crippen LogP contribution in [0.4, 0.5) is 0 Å². The van der Waals surface area contributed by atoms with E-state index in [9.17, 15) is 0 Å². The number of hydrogen-bond donors (Lipinski definition) is 1. The van der Waals surface area contributed by atoms with Gasteiger partial charge in [-0.05, 0) is 49.2 Å². The SMILES string of the molecule is Clc1ccc(Cc2cccc([C@H]3CCCNC3)n2)cc1. The summed E-state index contributed by atoms with van der Waals surface area (Å²) >= 11 is 5.92. The van der Waals surface area contributed by atoms with Gasteiger partial charge in [0.05, 0.1) is 0 Å². The fourth-order valence-electron chi connectivity index (χ4n) is 2.74. The predicted octanol–water partition coefficient (Wildman–Crippen LogP) is 3.79. The molecule has 1 saturated heterocycles. The van der Waals surface area contributed by atoms with Crippen LogP contribution in [-0.4, -0.2) is 18.1 Å². The van der Waals surface area contributed by atoms with Crippen LogP contribution in [0, 0.1) is 0 Å². The lowest BCUT2D eigenvalue weighted by Gasteiger charge is -2.22. The van der Waals surface area contributed by atoms with Crippen LogP contribution in [0.1, 0.15) is 35.7 Å². The van der Waals surface area contributed by atoms with Crippen molar-refractivity contribution in [1.29, 1.82) is 0 Å². The highest BCUT2D eigenvalue weighted by Gasteiger charge is 2.16. The van der Waals surface area contributed by atoms with Crippen molar-refractivity contribution in [2.75, 3.05) is 13.1 Å². The molecule has 1 aromatic carbocycles. The molecule has 1 N–H and O–H groups in total. The molecule has 3 heteroatoms. The molecule has 0 unspecified atom stereocenters. The molecule has 0 spiro atoms. The number of hydrogen-bond acceptors (Lipinski definition) is 2. The maximum Gasteiger partial charge on any atom is 0.0450 e. The van der Waals surface area contributed by atoms with Crippen molar-refractivity contribution in [3.8, 4) is 0 Å². The zero-order chi connectivity index (χ0) is 13.8. The summed E-state index contributed by atoms with van der Waals surface area (Å²) in [5.74, 6) is 0.564.